The van der Waals surface area contributed by atoms with Crippen molar-refractivity contribution in [1.82, 2.24) is 0 Å². The van der Waals surface area contributed by atoms with E-state index in [1.807, 2.05) is 13.1 Å². The Morgan fingerprint density at radius 1 is 0.818 bits per heavy atom. The molecule has 0 fully saturated rings. The van der Waals surface area contributed by atoms with Crippen molar-refractivity contribution in [3.8, 4) is 0 Å². The summed E-state index contributed by atoms with van der Waals surface area (Å²) in [5.41, 5.74) is 13.4. The minimum absolute atomic E-state index is 0.104. The van der Waals surface area contributed by atoms with E-state index in [4.69, 9.17) is 5.26 Å². The minimum atomic E-state index is -4.35. The molecule has 0 saturated heterocycles. The summed E-state index contributed by atoms with van der Waals surface area (Å²) in [6, 6.07) is 28.3. The zero-order valence-corrected chi connectivity index (χ0v) is 34.2. The van der Waals surface area contributed by atoms with Crippen molar-refractivity contribution in [3.63, 3.8) is 0 Å². The summed E-state index contributed by atoms with van der Waals surface area (Å²) in [5.74, 6) is 0. The topological polar surface area (TPSA) is 93.3 Å². The molecule has 3 aliphatic rings. The van der Waals surface area contributed by atoms with Crippen LogP contribution in [-0.2, 0) is 25.3 Å². The summed E-state index contributed by atoms with van der Waals surface area (Å²) in [4.78, 5) is 5.21. The van der Waals surface area contributed by atoms with Gasteiger partial charge in [-0.3, -0.25) is 4.55 Å². The molecule has 10 heteroatoms. The monoisotopic (exact) mass is 774 g/mol. The first kappa shape index (κ1) is 38.6. The number of rotatable bonds is 9. The lowest BCUT2D eigenvalue weighted by atomic mass is 9.81. The Bertz CT molecular complexity index is 2410. The fourth-order valence-electron chi connectivity index (χ4n) is 8.36. The van der Waals surface area contributed by atoms with Gasteiger partial charge in [0.15, 0.2) is 5.71 Å². The fraction of sp³-hybridized carbons (Fsp3) is 0.267. The Morgan fingerprint density at radius 3 is 2.05 bits per heavy atom. The largest absolute Gasteiger partial charge is 0.347 e. The van der Waals surface area contributed by atoms with Crippen LogP contribution in [0.1, 0.15) is 62.8 Å². The van der Waals surface area contributed by atoms with Gasteiger partial charge in [-0.1, -0.05) is 61.4 Å². The predicted molar refractivity (Wildman–Crippen MR) is 224 cm³/mol. The van der Waals surface area contributed by atoms with Crippen LogP contribution in [-0.4, -0.2) is 42.6 Å². The van der Waals surface area contributed by atoms with Crippen LogP contribution in [0, 0.1) is 13.8 Å². The van der Waals surface area contributed by atoms with Crippen LogP contribution in [0.25, 0.3) is 0 Å². The maximum Gasteiger partial charge on any atom is 0.294 e. The predicted octanol–water partition coefficient (Wildman–Crippen LogP) is 10.7. The second kappa shape index (κ2) is 14.4. The number of likely N-dealkylation sites (N-methyl/N-ethyl adjacent to an activating group) is 1. The van der Waals surface area contributed by atoms with E-state index in [9.17, 15) is 13.0 Å². The summed E-state index contributed by atoms with van der Waals surface area (Å²) >= 11 is 0.940. The molecule has 2 heterocycles. The molecule has 284 valence electrons. The number of nitrogens with zero attached hydrogens (tertiary/aromatic N) is 3. The van der Waals surface area contributed by atoms with Crippen molar-refractivity contribution in [2.75, 3.05) is 23.9 Å². The van der Waals surface area contributed by atoms with Crippen molar-refractivity contribution < 1.29 is 27.1 Å². The highest BCUT2D eigenvalue weighted by Crippen LogP contribution is 2.49. The number of hydrogen-bond acceptors (Lipinski definition) is 7. The average molecular weight is 775 g/mol. The van der Waals surface area contributed by atoms with E-state index < -0.39 is 15.5 Å². The molecule has 4 aromatic carbocycles. The number of benzene rings is 4. The van der Waals surface area contributed by atoms with Crippen molar-refractivity contribution >= 4 is 50.6 Å². The number of allylic oxidation sites excluding steroid dienone is 7. The lowest BCUT2D eigenvalue weighted by Crippen LogP contribution is -2.26. The molecule has 2 N–H and O–H groups in total. The highest BCUT2D eigenvalue weighted by Gasteiger charge is 2.43. The van der Waals surface area contributed by atoms with E-state index in [0.717, 1.165) is 75.2 Å². The van der Waals surface area contributed by atoms with Crippen LogP contribution in [0.15, 0.2) is 142 Å². The maximum absolute atomic E-state index is 12.1. The first-order valence-corrected chi connectivity index (χ1v) is 20.6. The first-order valence-electron chi connectivity index (χ1n) is 18.4. The second-order valence-corrected chi connectivity index (χ2v) is 17.9. The van der Waals surface area contributed by atoms with E-state index in [2.05, 4.69) is 152 Å². The molecule has 4 aromatic rings. The number of fused-ring (bicyclic) bond motifs is 2. The highest BCUT2D eigenvalue weighted by molar-refractivity contribution is 7.94. The van der Waals surface area contributed by atoms with Gasteiger partial charge in [-0.15, -0.1) is 0 Å². The molecule has 0 spiro atoms. The van der Waals surface area contributed by atoms with E-state index in [1.165, 1.54) is 33.9 Å². The molecule has 7 rings (SSSR count). The molecule has 0 radical (unpaired) electrons. The average Bonchev–Trinajstić information content (AvgIpc) is 3.68. The molecule has 0 saturated carbocycles. The Labute approximate surface area is 329 Å². The quantitative estimate of drug-likeness (QED) is 0.0571. The molecular formula is C45H48N3O5S2+. The van der Waals surface area contributed by atoms with Crippen LogP contribution in [0.3, 0.4) is 0 Å². The van der Waals surface area contributed by atoms with E-state index in [1.54, 1.807) is 12.1 Å². The lowest BCUT2D eigenvalue weighted by molar-refractivity contribution is -0.401. The molecule has 0 atom stereocenters. The number of aryl methyl sites for hydroxylation is 2. The molecule has 2 aliphatic heterocycles. The normalized spacial score (nSPS) is 19.0. The molecule has 55 heavy (non-hydrogen) atoms. The molecule has 0 bridgehead atoms. The van der Waals surface area contributed by atoms with E-state index in [-0.39, 0.29) is 10.3 Å². The van der Waals surface area contributed by atoms with E-state index >= 15 is 0 Å². The summed E-state index contributed by atoms with van der Waals surface area (Å²) < 4.78 is 40.6. The van der Waals surface area contributed by atoms with Gasteiger partial charge in [0, 0.05) is 57.8 Å². The third-order valence-electron chi connectivity index (χ3n) is 11.4. The standard InChI is InChI=1S/C45H47N3O5S2/c1-29-9-17-33(18-10-29)48(34-19-11-30(2)12-20-34)43-31(15-25-41-44(3,4)37-27-35(54-53-49)21-23-39(37)46(41)7)13-14-32(43)16-26-42-45(5,6)38-28-36(55(50,51)52)22-24-40(38)47(42)8/h9-12,15-28H,13-14H2,1-8H3,(H-,49,50,51,52)/p+1. The van der Waals surface area contributed by atoms with Crippen molar-refractivity contribution in [2.45, 2.75) is 75.0 Å². The zero-order valence-electron chi connectivity index (χ0n) is 32.6. The molecule has 8 nitrogen and oxygen atoms in total. The Kier molecular flexibility index (Phi) is 10.1. The smallest absolute Gasteiger partial charge is 0.294 e. The van der Waals surface area contributed by atoms with Crippen LogP contribution < -0.4 is 9.80 Å². The molecule has 0 amide bonds. The Balaban J connectivity index is 1.38. The summed E-state index contributed by atoms with van der Waals surface area (Å²) in [6.45, 7) is 12.8. The highest BCUT2D eigenvalue weighted by atomic mass is 32.2. The molecular weight excluding hydrogens is 727 g/mol. The third kappa shape index (κ3) is 7.02. The molecule has 0 unspecified atom stereocenters. The van der Waals surface area contributed by atoms with Gasteiger partial charge >= 0.3 is 0 Å². The first-order chi connectivity index (χ1) is 26.0. The third-order valence-corrected chi connectivity index (χ3v) is 12.8. The van der Waals surface area contributed by atoms with Gasteiger partial charge in [-0.05, 0) is 118 Å². The number of anilines is 3. The Morgan fingerprint density at radius 2 is 1.45 bits per heavy atom. The Hall–Kier alpha value is -4.71. The van der Waals surface area contributed by atoms with Crippen molar-refractivity contribution in [2.24, 2.45) is 0 Å². The van der Waals surface area contributed by atoms with Gasteiger partial charge in [-0.25, -0.2) is 5.26 Å². The zero-order chi connectivity index (χ0) is 39.4. The number of hydrogen-bond donors (Lipinski definition) is 2. The van der Waals surface area contributed by atoms with Crippen LogP contribution >= 0.6 is 12.0 Å². The molecule has 0 aromatic heterocycles. The molecule has 1 aliphatic carbocycles. The van der Waals surface area contributed by atoms with E-state index in [0.29, 0.717) is 0 Å². The van der Waals surface area contributed by atoms with Crippen molar-refractivity contribution in [1.29, 1.82) is 0 Å². The van der Waals surface area contributed by atoms with Crippen LogP contribution in [0.2, 0.25) is 0 Å². The maximum atomic E-state index is 12.1. The van der Waals surface area contributed by atoms with Gasteiger partial charge in [-0.2, -0.15) is 17.3 Å². The van der Waals surface area contributed by atoms with Gasteiger partial charge in [0.2, 0.25) is 5.69 Å². The van der Waals surface area contributed by atoms with Gasteiger partial charge in [0.05, 0.1) is 28.1 Å². The second-order valence-electron chi connectivity index (χ2n) is 15.7. The lowest BCUT2D eigenvalue weighted by Gasteiger charge is -2.29. The summed E-state index contributed by atoms with van der Waals surface area (Å²) in [5, 5.41) is 9.09. The van der Waals surface area contributed by atoms with Crippen LogP contribution in [0.4, 0.5) is 22.7 Å². The summed E-state index contributed by atoms with van der Waals surface area (Å²) in [7, 11) is -0.240. The minimum Gasteiger partial charge on any atom is -0.347 e. The van der Waals surface area contributed by atoms with Crippen molar-refractivity contribution in [3.05, 3.63) is 154 Å². The summed E-state index contributed by atoms with van der Waals surface area (Å²) in [6.07, 6.45) is 10.6. The van der Waals surface area contributed by atoms with Gasteiger partial charge in [0.25, 0.3) is 10.1 Å². The van der Waals surface area contributed by atoms with Gasteiger partial charge < -0.3 is 9.80 Å². The van der Waals surface area contributed by atoms with Gasteiger partial charge in [0.1, 0.15) is 7.05 Å². The SMILES string of the molecule is Cc1ccc(N(C2=C(C=CC3=[N+](C)c4ccc(SOO)cc4C3(C)C)CC/C2=C\C=C2N(C)c3ccc(S(=O)(=O)O)cc3C2(C)C)c2ccc(C)cc2)cc1. The fourth-order valence-corrected chi connectivity index (χ4v) is 9.25. The van der Waals surface area contributed by atoms with Crippen LogP contribution in [0.5, 0.6) is 0 Å².